The van der Waals surface area contributed by atoms with Crippen molar-refractivity contribution >= 4 is 21.6 Å². The van der Waals surface area contributed by atoms with E-state index in [-0.39, 0.29) is 18.2 Å². The van der Waals surface area contributed by atoms with Gasteiger partial charge in [-0.05, 0) is 38.8 Å². The van der Waals surface area contributed by atoms with Crippen LogP contribution in [0.25, 0.3) is 10.2 Å². The fourth-order valence-electron chi connectivity index (χ4n) is 2.88. The van der Waals surface area contributed by atoms with Gasteiger partial charge in [0.2, 0.25) is 0 Å². The molecule has 5 nitrogen and oxygen atoms in total. The Kier molecular flexibility index (Phi) is 3.62. The van der Waals surface area contributed by atoms with Crippen LogP contribution in [0, 0.1) is 13.8 Å². The summed E-state index contributed by atoms with van der Waals surface area (Å²) in [6.45, 7) is 5.71. The third-order valence-electron chi connectivity index (χ3n) is 4.15. The number of aromatic amines is 1. The molecule has 1 atom stereocenters. The molecule has 2 aromatic heterocycles. The Morgan fingerprint density at radius 1 is 1.50 bits per heavy atom. The molecule has 0 unspecified atom stereocenters. The van der Waals surface area contributed by atoms with E-state index in [4.69, 9.17) is 0 Å². The summed E-state index contributed by atoms with van der Waals surface area (Å²) in [7, 11) is 0. The minimum Gasteiger partial charge on any atom is -0.395 e. The number of aromatic nitrogens is 2. The summed E-state index contributed by atoms with van der Waals surface area (Å²) in [5.74, 6) is 0.698. The van der Waals surface area contributed by atoms with Crippen molar-refractivity contribution in [3.8, 4) is 0 Å². The summed E-state index contributed by atoms with van der Waals surface area (Å²) in [6, 6.07) is 0.197. The largest absolute Gasteiger partial charge is 0.395 e. The van der Waals surface area contributed by atoms with Gasteiger partial charge in [-0.25, -0.2) is 4.98 Å². The lowest BCUT2D eigenvalue weighted by Crippen LogP contribution is -2.32. The monoisotopic (exact) mass is 293 g/mol. The average molecular weight is 293 g/mol. The molecular weight excluding hydrogens is 274 g/mol. The molecule has 0 aliphatic carbocycles. The number of aliphatic hydroxyl groups excluding tert-OH is 1. The summed E-state index contributed by atoms with van der Waals surface area (Å²) in [5.41, 5.74) is 0.978. The van der Waals surface area contributed by atoms with Crippen LogP contribution in [-0.2, 0) is 6.54 Å². The van der Waals surface area contributed by atoms with Crippen LogP contribution in [0.4, 0.5) is 0 Å². The Balaban J connectivity index is 1.95. The second kappa shape index (κ2) is 5.27. The van der Waals surface area contributed by atoms with E-state index in [1.165, 1.54) is 0 Å². The van der Waals surface area contributed by atoms with E-state index in [1.807, 2.05) is 13.8 Å². The van der Waals surface area contributed by atoms with Gasteiger partial charge in [0.15, 0.2) is 0 Å². The molecule has 1 fully saturated rings. The molecule has 2 N–H and O–H groups in total. The number of aryl methyl sites for hydroxylation is 2. The predicted molar refractivity (Wildman–Crippen MR) is 80.2 cm³/mol. The first-order chi connectivity index (χ1) is 9.60. The van der Waals surface area contributed by atoms with Crippen molar-refractivity contribution < 1.29 is 5.11 Å². The van der Waals surface area contributed by atoms with Gasteiger partial charge in [-0.15, -0.1) is 11.3 Å². The third kappa shape index (κ3) is 2.28. The number of likely N-dealkylation sites (tertiary alicyclic amines) is 1. The minimum absolute atomic E-state index is 0.0494. The molecule has 0 amide bonds. The van der Waals surface area contributed by atoms with E-state index in [0.29, 0.717) is 12.4 Å². The zero-order valence-corrected chi connectivity index (χ0v) is 12.6. The van der Waals surface area contributed by atoms with Crippen molar-refractivity contribution in [2.75, 3.05) is 13.2 Å². The highest BCUT2D eigenvalue weighted by Crippen LogP contribution is 2.26. The minimum atomic E-state index is -0.0494. The van der Waals surface area contributed by atoms with Crippen LogP contribution in [-0.4, -0.2) is 39.2 Å². The average Bonchev–Trinajstić information content (AvgIpc) is 2.95. The summed E-state index contributed by atoms with van der Waals surface area (Å²) in [6.07, 6.45) is 2.11. The Labute approximate surface area is 121 Å². The van der Waals surface area contributed by atoms with Crippen LogP contribution in [0.15, 0.2) is 4.79 Å². The summed E-state index contributed by atoms with van der Waals surface area (Å²) in [5, 5.41) is 10.1. The second-order valence-corrected chi connectivity index (χ2v) is 6.63. The number of nitrogens with zero attached hydrogens (tertiary/aromatic N) is 2. The molecule has 3 heterocycles. The van der Waals surface area contributed by atoms with Crippen molar-refractivity contribution in [1.29, 1.82) is 0 Å². The van der Waals surface area contributed by atoms with E-state index in [1.54, 1.807) is 11.3 Å². The number of nitrogens with one attached hydrogen (secondary N) is 1. The number of hydrogen-bond acceptors (Lipinski definition) is 5. The normalized spacial score (nSPS) is 20.1. The molecule has 2 aromatic rings. The maximum atomic E-state index is 12.2. The van der Waals surface area contributed by atoms with Crippen LogP contribution in [0.2, 0.25) is 0 Å². The Bertz CT molecular complexity index is 692. The van der Waals surface area contributed by atoms with E-state index >= 15 is 0 Å². The fraction of sp³-hybridized carbons (Fsp3) is 0.571. The lowest BCUT2D eigenvalue weighted by Gasteiger charge is -2.21. The van der Waals surface area contributed by atoms with Gasteiger partial charge in [0.25, 0.3) is 5.56 Å². The maximum absolute atomic E-state index is 12.2. The van der Waals surface area contributed by atoms with Crippen LogP contribution in [0.5, 0.6) is 0 Å². The van der Waals surface area contributed by atoms with Gasteiger partial charge in [-0.2, -0.15) is 0 Å². The number of H-pyrrole nitrogens is 1. The molecule has 108 valence electrons. The van der Waals surface area contributed by atoms with Crippen molar-refractivity contribution in [2.24, 2.45) is 0 Å². The molecule has 0 aromatic carbocycles. The van der Waals surface area contributed by atoms with Crippen molar-refractivity contribution in [3.63, 3.8) is 0 Å². The number of aliphatic hydroxyl groups is 1. The van der Waals surface area contributed by atoms with Crippen LogP contribution < -0.4 is 5.56 Å². The van der Waals surface area contributed by atoms with Gasteiger partial charge < -0.3 is 10.1 Å². The smallest absolute Gasteiger partial charge is 0.259 e. The van der Waals surface area contributed by atoms with E-state index < -0.39 is 0 Å². The highest BCUT2D eigenvalue weighted by molar-refractivity contribution is 7.18. The number of rotatable bonds is 3. The standard InChI is InChI=1S/C14H19N3O2S/c1-8-9(2)20-14-12(8)13(19)15-11(16-14)6-17-5-3-4-10(17)7-18/h10,18H,3-7H2,1-2H3,(H,15,16,19)/t10-/m1/s1. The van der Waals surface area contributed by atoms with Gasteiger partial charge in [0, 0.05) is 10.9 Å². The zero-order valence-electron chi connectivity index (χ0n) is 11.8. The summed E-state index contributed by atoms with van der Waals surface area (Å²) >= 11 is 1.57. The Morgan fingerprint density at radius 3 is 3.05 bits per heavy atom. The quantitative estimate of drug-likeness (QED) is 0.901. The van der Waals surface area contributed by atoms with Crippen LogP contribution >= 0.6 is 11.3 Å². The molecule has 0 saturated carbocycles. The Morgan fingerprint density at radius 2 is 2.30 bits per heavy atom. The van der Waals surface area contributed by atoms with Crippen LogP contribution in [0.3, 0.4) is 0 Å². The van der Waals surface area contributed by atoms with E-state index in [9.17, 15) is 9.90 Å². The lowest BCUT2D eigenvalue weighted by atomic mass is 10.2. The van der Waals surface area contributed by atoms with Crippen molar-refractivity contribution in [2.45, 2.75) is 39.3 Å². The first-order valence-electron chi connectivity index (χ1n) is 6.94. The van der Waals surface area contributed by atoms with Gasteiger partial charge in [-0.1, -0.05) is 0 Å². The van der Waals surface area contributed by atoms with Gasteiger partial charge in [0.05, 0.1) is 18.5 Å². The van der Waals surface area contributed by atoms with Crippen molar-refractivity contribution in [1.82, 2.24) is 14.9 Å². The number of thiophene rings is 1. The zero-order chi connectivity index (χ0) is 14.3. The first kappa shape index (κ1) is 13.7. The molecular formula is C14H19N3O2S. The van der Waals surface area contributed by atoms with Gasteiger partial charge in [-0.3, -0.25) is 9.69 Å². The van der Waals surface area contributed by atoms with E-state index in [2.05, 4.69) is 14.9 Å². The van der Waals surface area contributed by atoms with Crippen LogP contribution in [0.1, 0.15) is 29.1 Å². The predicted octanol–water partition coefficient (Wildman–Crippen LogP) is 1.56. The molecule has 20 heavy (non-hydrogen) atoms. The fourth-order valence-corrected chi connectivity index (χ4v) is 3.93. The topological polar surface area (TPSA) is 69.2 Å². The highest BCUT2D eigenvalue weighted by Gasteiger charge is 2.24. The van der Waals surface area contributed by atoms with E-state index in [0.717, 1.165) is 40.0 Å². The Hall–Kier alpha value is -1.24. The third-order valence-corrected chi connectivity index (χ3v) is 5.25. The van der Waals surface area contributed by atoms with Gasteiger partial charge in [0.1, 0.15) is 10.7 Å². The number of fused-ring (bicyclic) bond motifs is 1. The van der Waals surface area contributed by atoms with Crippen molar-refractivity contribution in [3.05, 3.63) is 26.6 Å². The van der Waals surface area contributed by atoms with Gasteiger partial charge >= 0.3 is 0 Å². The molecule has 0 spiro atoms. The maximum Gasteiger partial charge on any atom is 0.259 e. The molecule has 3 rings (SSSR count). The molecule has 1 saturated heterocycles. The molecule has 0 radical (unpaired) electrons. The molecule has 1 aliphatic rings. The molecule has 1 aliphatic heterocycles. The first-order valence-corrected chi connectivity index (χ1v) is 7.75. The molecule has 0 bridgehead atoms. The highest BCUT2D eigenvalue weighted by atomic mass is 32.1. The second-order valence-electron chi connectivity index (χ2n) is 5.43. The number of hydrogen-bond donors (Lipinski definition) is 2. The SMILES string of the molecule is Cc1sc2nc(CN3CCC[C@@H]3CO)[nH]c(=O)c2c1C. The molecule has 6 heteroatoms. The summed E-state index contributed by atoms with van der Waals surface area (Å²) in [4.78, 5) is 23.8. The lowest BCUT2D eigenvalue weighted by molar-refractivity contribution is 0.151. The summed E-state index contributed by atoms with van der Waals surface area (Å²) < 4.78 is 0.